The number of fused-ring (bicyclic) bond motifs is 4. The minimum absolute atomic E-state index is 0.0148. The molecule has 2 aromatic heterocycles. The molecule has 2 amide bonds. The monoisotopic (exact) mass is 335 g/mol. The summed E-state index contributed by atoms with van der Waals surface area (Å²) in [7, 11) is 0. The first-order chi connectivity index (χ1) is 12.3. The van der Waals surface area contributed by atoms with Crippen molar-refractivity contribution in [1.82, 2.24) is 25.4 Å². The molecule has 0 spiro atoms. The van der Waals surface area contributed by atoms with Crippen molar-refractivity contribution in [2.75, 3.05) is 6.54 Å². The fourth-order valence-electron chi connectivity index (χ4n) is 4.17. The van der Waals surface area contributed by atoms with Gasteiger partial charge in [-0.25, -0.2) is 4.79 Å². The molecule has 0 saturated heterocycles. The van der Waals surface area contributed by atoms with E-state index in [9.17, 15) is 4.79 Å². The number of carbonyl (C=O) groups excluding carboxylic acids is 1. The Labute approximate surface area is 145 Å². The summed E-state index contributed by atoms with van der Waals surface area (Å²) in [5.74, 6) is 0. The summed E-state index contributed by atoms with van der Waals surface area (Å²) in [6.07, 6.45) is 4.22. The van der Waals surface area contributed by atoms with Crippen molar-refractivity contribution < 1.29 is 4.79 Å². The van der Waals surface area contributed by atoms with Gasteiger partial charge in [-0.05, 0) is 42.9 Å². The largest absolute Gasteiger partial charge is 0.357 e. The van der Waals surface area contributed by atoms with Crippen LogP contribution >= 0.6 is 0 Å². The van der Waals surface area contributed by atoms with Gasteiger partial charge in [-0.2, -0.15) is 5.10 Å². The lowest BCUT2D eigenvalue weighted by Gasteiger charge is -2.27. The molecule has 3 N–H and O–H groups in total. The van der Waals surface area contributed by atoms with Crippen molar-refractivity contribution in [2.45, 2.75) is 38.8 Å². The van der Waals surface area contributed by atoms with Crippen LogP contribution in [0.5, 0.6) is 0 Å². The van der Waals surface area contributed by atoms with Crippen LogP contribution < -0.4 is 5.32 Å². The predicted molar refractivity (Wildman–Crippen MR) is 95.3 cm³/mol. The van der Waals surface area contributed by atoms with E-state index in [1.807, 2.05) is 11.0 Å². The first kappa shape index (κ1) is 14.6. The van der Waals surface area contributed by atoms with Gasteiger partial charge in [0.1, 0.15) is 0 Å². The van der Waals surface area contributed by atoms with E-state index >= 15 is 0 Å². The Kier molecular flexibility index (Phi) is 3.29. The number of urea groups is 1. The quantitative estimate of drug-likeness (QED) is 0.673. The number of H-pyrrole nitrogens is 2. The second-order valence-electron chi connectivity index (χ2n) is 6.94. The first-order valence-corrected chi connectivity index (χ1v) is 8.96. The Morgan fingerprint density at radius 2 is 2.08 bits per heavy atom. The smallest absolute Gasteiger partial charge is 0.318 e. The molecule has 0 atom stereocenters. The van der Waals surface area contributed by atoms with Gasteiger partial charge in [0, 0.05) is 28.8 Å². The Hall–Kier alpha value is -2.76. The number of aromatic nitrogens is 3. The van der Waals surface area contributed by atoms with Crippen LogP contribution in [0.25, 0.3) is 10.9 Å². The first-order valence-electron chi connectivity index (χ1n) is 8.96. The maximum atomic E-state index is 12.6. The molecule has 1 aliphatic heterocycles. The third-order valence-corrected chi connectivity index (χ3v) is 5.47. The Bertz CT molecular complexity index is 954. The molecule has 6 nitrogen and oxygen atoms in total. The molecule has 6 heteroatoms. The number of carbonyl (C=O) groups is 1. The van der Waals surface area contributed by atoms with Gasteiger partial charge in [-0.3, -0.25) is 5.10 Å². The summed E-state index contributed by atoms with van der Waals surface area (Å²) in [6.45, 7) is 1.88. The molecule has 128 valence electrons. The molecule has 2 aliphatic rings. The molecule has 0 fully saturated rings. The van der Waals surface area contributed by atoms with Crippen LogP contribution in [-0.2, 0) is 32.4 Å². The van der Waals surface area contributed by atoms with Crippen molar-refractivity contribution in [3.8, 4) is 0 Å². The average molecular weight is 335 g/mol. The number of rotatable bonds is 2. The number of nitrogens with zero attached hydrogens (tertiary/aromatic N) is 2. The molecule has 3 aromatic rings. The van der Waals surface area contributed by atoms with Gasteiger partial charge < -0.3 is 15.2 Å². The number of benzene rings is 1. The van der Waals surface area contributed by atoms with E-state index in [1.165, 1.54) is 28.6 Å². The van der Waals surface area contributed by atoms with E-state index in [-0.39, 0.29) is 6.03 Å². The SMILES string of the molecule is O=C(NCc1n[nH]c2c1CCC2)N1CCc2c([nH]c3ccccc23)C1. The van der Waals surface area contributed by atoms with E-state index in [1.54, 1.807) is 0 Å². The number of aromatic amines is 2. The summed E-state index contributed by atoms with van der Waals surface area (Å²) in [4.78, 5) is 17.9. The van der Waals surface area contributed by atoms with Crippen molar-refractivity contribution in [1.29, 1.82) is 0 Å². The normalized spacial score (nSPS) is 16.1. The van der Waals surface area contributed by atoms with Crippen molar-refractivity contribution in [2.24, 2.45) is 0 Å². The number of hydrogen-bond acceptors (Lipinski definition) is 2. The lowest BCUT2D eigenvalue weighted by Crippen LogP contribution is -2.42. The summed E-state index contributed by atoms with van der Waals surface area (Å²) < 4.78 is 0. The van der Waals surface area contributed by atoms with Gasteiger partial charge in [0.2, 0.25) is 0 Å². The van der Waals surface area contributed by atoms with Crippen LogP contribution in [0.2, 0.25) is 0 Å². The number of hydrogen-bond donors (Lipinski definition) is 3. The highest BCUT2D eigenvalue weighted by Gasteiger charge is 2.24. The fraction of sp³-hybridized carbons (Fsp3) is 0.368. The fourth-order valence-corrected chi connectivity index (χ4v) is 4.17. The van der Waals surface area contributed by atoms with Crippen molar-refractivity contribution >= 4 is 16.9 Å². The number of para-hydroxylation sites is 1. The van der Waals surface area contributed by atoms with E-state index in [4.69, 9.17) is 0 Å². The maximum absolute atomic E-state index is 12.6. The molecule has 5 rings (SSSR count). The zero-order valence-electron chi connectivity index (χ0n) is 14.1. The Morgan fingerprint density at radius 1 is 1.16 bits per heavy atom. The number of amides is 2. The minimum atomic E-state index is -0.0148. The second-order valence-corrected chi connectivity index (χ2v) is 6.94. The van der Waals surface area contributed by atoms with E-state index in [0.29, 0.717) is 13.1 Å². The van der Waals surface area contributed by atoms with Gasteiger partial charge in [-0.15, -0.1) is 0 Å². The third-order valence-electron chi connectivity index (χ3n) is 5.47. The zero-order valence-corrected chi connectivity index (χ0v) is 14.1. The molecule has 0 radical (unpaired) electrons. The van der Waals surface area contributed by atoms with Crippen LogP contribution in [0.15, 0.2) is 24.3 Å². The van der Waals surface area contributed by atoms with Crippen molar-refractivity contribution in [3.05, 3.63) is 52.5 Å². The lowest BCUT2D eigenvalue weighted by molar-refractivity contribution is 0.191. The van der Waals surface area contributed by atoms with Crippen LogP contribution in [0.4, 0.5) is 4.79 Å². The topological polar surface area (TPSA) is 76.8 Å². The molecule has 0 saturated carbocycles. The highest BCUT2D eigenvalue weighted by atomic mass is 16.2. The van der Waals surface area contributed by atoms with Crippen molar-refractivity contribution in [3.63, 3.8) is 0 Å². The molecule has 25 heavy (non-hydrogen) atoms. The van der Waals surface area contributed by atoms with Gasteiger partial charge in [-0.1, -0.05) is 18.2 Å². The predicted octanol–water partition coefficient (Wildman–Crippen LogP) is 2.65. The second kappa shape index (κ2) is 5.65. The molecular formula is C19H21N5O. The summed E-state index contributed by atoms with van der Waals surface area (Å²) >= 11 is 0. The number of aryl methyl sites for hydroxylation is 1. The van der Waals surface area contributed by atoms with Crippen LogP contribution in [0.1, 0.15) is 34.6 Å². The average Bonchev–Trinajstić information content (AvgIpc) is 3.33. The van der Waals surface area contributed by atoms with Crippen LogP contribution in [-0.4, -0.2) is 32.7 Å². The molecule has 0 bridgehead atoms. The zero-order chi connectivity index (χ0) is 16.8. The summed E-state index contributed by atoms with van der Waals surface area (Å²) in [5, 5.41) is 11.8. The summed E-state index contributed by atoms with van der Waals surface area (Å²) in [6, 6.07) is 8.34. The van der Waals surface area contributed by atoms with Gasteiger partial charge in [0.25, 0.3) is 0 Å². The van der Waals surface area contributed by atoms with E-state index in [2.05, 4.69) is 38.7 Å². The summed E-state index contributed by atoms with van der Waals surface area (Å²) in [5.41, 5.74) is 7.20. The van der Waals surface area contributed by atoms with E-state index in [0.717, 1.165) is 42.7 Å². The highest BCUT2D eigenvalue weighted by Crippen LogP contribution is 2.27. The van der Waals surface area contributed by atoms with Gasteiger partial charge >= 0.3 is 6.03 Å². The van der Waals surface area contributed by atoms with E-state index < -0.39 is 0 Å². The minimum Gasteiger partial charge on any atom is -0.357 e. The maximum Gasteiger partial charge on any atom is 0.318 e. The van der Waals surface area contributed by atoms with Crippen LogP contribution in [0.3, 0.4) is 0 Å². The Morgan fingerprint density at radius 3 is 3.04 bits per heavy atom. The number of nitrogens with one attached hydrogen (secondary N) is 3. The molecular weight excluding hydrogens is 314 g/mol. The molecule has 1 aromatic carbocycles. The Balaban J connectivity index is 1.28. The molecule has 0 unspecified atom stereocenters. The van der Waals surface area contributed by atoms with Gasteiger partial charge in [0.15, 0.2) is 0 Å². The highest BCUT2D eigenvalue weighted by molar-refractivity contribution is 5.85. The molecule has 3 heterocycles. The third kappa shape index (κ3) is 2.40. The standard InChI is InChI=1S/C19H21N5O/c25-19(20-10-17-14-5-3-7-16(14)22-23-17)24-9-8-13-12-4-1-2-6-15(12)21-18(13)11-24/h1-2,4,6,21H,3,5,7-11H2,(H,20,25)(H,22,23). The lowest BCUT2D eigenvalue weighted by atomic mass is 10.0. The molecule has 1 aliphatic carbocycles. The van der Waals surface area contributed by atoms with Crippen LogP contribution in [0, 0.1) is 0 Å². The van der Waals surface area contributed by atoms with Gasteiger partial charge in [0.05, 0.1) is 18.8 Å².